The van der Waals surface area contributed by atoms with Gasteiger partial charge in [0.15, 0.2) is 0 Å². The maximum Gasteiger partial charge on any atom is 0.0662 e. The molecular formula is C12H18BrNO. The Morgan fingerprint density at radius 3 is 2.47 bits per heavy atom. The lowest BCUT2D eigenvalue weighted by atomic mass is 10.1. The molecule has 15 heavy (non-hydrogen) atoms. The van der Waals surface area contributed by atoms with Gasteiger partial charge in [0.25, 0.3) is 0 Å². The van der Waals surface area contributed by atoms with Gasteiger partial charge in [-0.2, -0.15) is 0 Å². The van der Waals surface area contributed by atoms with E-state index in [0.29, 0.717) is 6.54 Å². The summed E-state index contributed by atoms with van der Waals surface area (Å²) in [5.41, 5.74) is 1.24. The molecule has 2 atom stereocenters. The molecule has 0 aliphatic heterocycles. The molecule has 0 saturated carbocycles. The number of hydrogen-bond acceptors (Lipinski definition) is 2. The van der Waals surface area contributed by atoms with Crippen LogP contribution in [-0.4, -0.2) is 17.8 Å². The van der Waals surface area contributed by atoms with Crippen LogP contribution in [0, 0.1) is 0 Å². The van der Waals surface area contributed by atoms with Crippen molar-refractivity contribution < 1.29 is 5.11 Å². The Bertz CT molecular complexity index is 286. The zero-order valence-electron chi connectivity index (χ0n) is 9.20. The molecule has 0 aliphatic rings. The topological polar surface area (TPSA) is 32.3 Å². The highest BCUT2D eigenvalue weighted by atomic mass is 79.9. The predicted molar refractivity (Wildman–Crippen MR) is 66.9 cm³/mol. The Morgan fingerprint density at radius 1 is 1.33 bits per heavy atom. The highest BCUT2D eigenvalue weighted by molar-refractivity contribution is 9.10. The quantitative estimate of drug-likeness (QED) is 0.863. The Morgan fingerprint density at radius 2 is 1.93 bits per heavy atom. The van der Waals surface area contributed by atoms with E-state index >= 15 is 0 Å². The van der Waals surface area contributed by atoms with Crippen LogP contribution in [0.5, 0.6) is 0 Å². The number of benzene rings is 1. The monoisotopic (exact) mass is 271 g/mol. The van der Waals surface area contributed by atoms with Gasteiger partial charge in [-0.3, -0.25) is 0 Å². The van der Waals surface area contributed by atoms with E-state index in [9.17, 15) is 5.11 Å². The molecule has 1 aromatic carbocycles. The Labute approximate surface area is 99.8 Å². The minimum absolute atomic E-state index is 0.247. The standard InChI is InChI=1S/C12H18BrNO/c1-3-12(15)8-14-9(2)10-4-6-11(13)7-5-10/h4-7,9,12,14-15H,3,8H2,1-2H3/t9-,12?/m0/s1. The minimum atomic E-state index is -0.247. The maximum absolute atomic E-state index is 9.43. The first-order valence-corrected chi connectivity index (χ1v) is 6.09. The van der Waals surface area contributed by atoms with Gasteiger partial charge in [0.05, 0.1) is 6.10 Å². The molecule has 0 amide bonds. The summed E-state index contributed by atoms with van der Waals surface area (Å²) in [7, 11) is 0. The molecule has 3 heteroatoms. The van der Waals surface area contributed by atoms with E-state index in [4.69, 9.17) is 0 Å². The van der Waals surface area contributed by atoms with Crippen LogP contribution in [-0.2, 0) is 0 Å². The molecule has 0 saturated heterocycles. The molecule has 1 unspecified atom stereocenters. The highest BCUT2D eigenvalue weighted by Gasteiger charge is 2.06. The third kappa shape index (κ3) is 4.33. The first-order valence-electron chi connectivity index (χ1n) is 5.30. The average Bonchev–Trinajstić information content (AvgIpc) is 2.26. The van der Waals surface area contributed by atoms with Crippen LogP contribution in [0.15, 0.2) is 28.7 Å². The van der Waals surface area contributed by atoms with E-state index in [0.717, 1.165) is 10.9 Å². The SMILES string of the molecule is CCC(O)CN[C@@H](C)c1ccc(Br)cc1. The molecule has 2 N–H and O–H groups in total. The number of halogens is 1. The lowest BCUT2D eigenvalue weighted by Crippen LogP contribution is -2.28. The molecule has 0 spiro atoms. The fourth-order valence-electron chi connectivity index (χ4n) is 1.33. The second-order valence-electron chi connectivity index (χ2n) is 3.74. The van der Waals surface area contributed by atoms with Gasteiger partial charge in [0, 0.05) is 17.1 Å². The van der Waals surface area contributed by atoms with E-state index in [1.807, 2.05) is 19.1 Å². The van der Waals surface area contributed by atoms with Gasteiger partial charge in [-0.15, -0.1) is 0 Å². The zero-order chi connectivity index (χ0) is 11.3. The summed E-state index contributed by atoms with van der Waals surface area (Å²) in [6, 6.07) is 8.51. The van der Waals surface area contributed by atoms with Crippen LogP contribution in [0.2, 0.25) is 0 Å². The van der Waals surface area contributed by atoms with Crippen molar-refractivity contribution in [2.45, 2.75) is 32.4 Å². The van der Waals surface area contributed by atoms with Crippen LogP contribution < -0.4 is 5.32 Å². The third-order valence-electron chi connectivity index (χ3n) is 2.50. The summed E-state index contributed by atoms with van der Waals surface area (Å²) >= 11 is 3.41. The van der Waals surface area contributed by atoms with Crippen molar-refractivity contribution in [3.8, 4) is 0 Å². The molecule has 0 bridgehead atoms. The third-order valence-corrected chi connectivity index (χ3v) is 3.03. The van der Waals surface area contributed by atoms with Crippen molar-refractivity contribution in [3.63, 3.8) is 0 Å². The van der Waals surface area contributed by atoms with E-state index in [1.165, 1.54) is 5.56 Å². The van der Waals surface area contributed by atoms with Crippen molar-refractivity contribution >= 4 is 15.9 Å². The first-order chi connectivity index (χ1) is 7.13. The molecule has 1 rings (SSSR count). The van der Waals surface area contributed by atoms with E-state index in [-0.39, 0.29) is 12.1 Å². The smallest absolute Gasteiger partial charge is 0.0662 e. The van der Waals surface area contributed by atoms with Gasteiger partial charge in [-0.05, 0) is 31.0 Å². The van der Waals surface area contributed by atoms with Crippen LogP contribution in [0.25, 0.3) is 0 Å². The first kappa shape index (κ1) is 12.7. The number of hydrogen-bond donors (Lipinski definition) is 2. The average molecular weight is 272 g/mol. The molecule has 1 aromatic rings. The lowest BCUT2D eigenvalue weighted by Gasteiger charge is -2.16. The molecule has 84 valence electrons. The largest absolute Gasteiger partial charge is 0.392 e. The van der Waals surface area contributed by atoms with Gasteiger partial charge >= 0.3 is 0 Å². The molecule has 0 heterocycles. The Hall–Kier alpha value is -0.380. The molecule has 2 nitrogen and oxygen atoms in total. The summed E-state index contributed by atoms with van der Waals surface area (Å²) in [6.07, 6.45) is 0.544. The zero-order valence-corrected chi connectivity index (χ0v) is 10.8. The molecule has 0 aliphatic carbocycles. The molecule has 0 radical (unpaired) electrons. The summed E-state index contributed by atoms with van der Waals surface area (Å²) in [6.45, 7) is 4.73. The minimum Gasteiger partial charge on any atom is -0.392 e. The van der Waals surface area contributed by atoms with Crippen LogP contribution >= 0.6 is 15.9 Å². The van der Waals surface area contributed by atoms with Crippen molar-refractivity contribution in [2.24, 2.45) is 0 Å². The van der Waals surface area contributed by atoms with Crippen molar-refractivity contribution in [1.82, 2.24) is 5.32 Å². The predicted octanol–water partition coefficient (Wildman–Crippen LogP) is 2.87. The number of rotatable bonds is 5. The number of nitrogens with one attached hydrogen (secondary N) is 1. The van der Waals surface area contributed by atoms with Gasteiger partial charge in [0.2, 0.25) is 0 Å². The normalized spacial score (nSPS) is 14.9. The number of aliphatic hydroxyl groups is 1. The second kappa shape index (κ2) is 6.26. The van der Waals surface area contributed by atoms with Crippen molar-refractivity contribution in [1.29, 1.82) is 0 Å². The Kier molecular flexibility index (Phi) is 5.29. The van der Waals surface area contributed by atoms with Crippen molar-refractivity contribution in [3.05, 3.63) is 34.3 Å². The van der Waals surface area contributed by atoms with Crippen LogP contribution in [0.3, 0.4) is 0 Å². The summed E-state index contributed by atoms with van der Waals surface area (Å²) in [5.74, 6) is 0. The maximum atomic E-state index is 9.43. The van der Waals surface area contributed by atoms with Crippen LogP contribution in [0.4, 0.5) is 0 Å². The number of aliphatic hydroxyl groups excluding tert-OH is 1. The molecular weight excluding hydrogens is 254 g/mol. The van der Waals surface area contributed by atoms with Gasteiger partial charge in [0.1, 0.15) is 0 Å². The van der Waals surface area contributed by atoms with E-state index < -0.39 is 0 Å². The molecule has 0 fully saturated rings. The van der Waals surface area contributed by atoms with Gasteiger partial charge in [-0.1, -0.05) is 35.0 Å². The van der Waals surface area contributed by atoms with Crippen LogP contribution in [0.1, 0.15) is 31.9 Å². The molecule has 0 aromatic heterocycles. The van der Waals surface area contributed by atoms with E-state index in [1.54, 1.807) is 0 Å². The fraction of sp³-hybridized carbons (Fsp3) is 0.500. The van der Waals surface area contributed by atoms with Gasteiger partial charge in [-0.25, -0.2) is 0 Å². The summed E-state index contributed by atoms with van der Waals surface area (Å²) < 4.78 is 1.09. The van der Waals surface area contributed by atoms with E-state index in [2.05, 4.69) is 40.3 Å². The van der Waals surface area contributed by atoms with Gasteiger partial charge < -0.3 is 10.4 Å². The summed E-state index contributed by atoms with van der Waals surface area (Å²) in [4.78, 5) is 0. The Balaban J connectivity index is 2.46. The second-order valence-corrected chi connectivity index (χ2v) is 4.66. The lowest BCUT2D eigenvalue weighted by molar-refractivity contribution is 0.164. The fourth-order valence-corrected chi connectivity index (χ4v) is 1.59. The highest BCUT2D eigenvalue weighted by Crippen LogP contribution is 2.16. The van der Waals surface area contributed by atoms with Crippen molar-refractivity contribution in [2.75, 3.05) is 6.54 Å². The summed E-state index contributed by atoms with van der Waals surface area (Å²) in [5, 5.41) is 12.7.